The van der Waals surface area contributed by atoms with Crippen molar-refractivity contribution in [1.82, 2.24) is 9.38 Å². The third-order valence-electron chi connectivity index (χ3n) is 4.54. The summed E-state index contributed by atoms with van der Waals surface area (Å²) in [5.41, 5.74) is 3.10. The Hall–Kier alpha value is -2.96. The highest BCUT2D eigenvalue weighted by Crippen LogP contribution is 2.48. The van der Waals surface area contributed by atoms with Crippen LogP contribution in [-0.4, -0.2) is 9.38 Å². The Morgan fingerprint density at radius 2 is 2.20 bits per heavy atom. The van der Waals surface area contributed by atoms with Crippen molar-refractivity contribution in [3.63, 3.8) is 0 Å². The fourth-order valence-electron chi connectivity index (χ4n) is 3.26. The molecule has 25 heavy (non-hydrogen) atoms. The van der Waals surface area contributed by atoms with Crippen LogP contribution in [0, 0.1) is 35.5 Å². The normalized spacial score (nSPS) is 18.7. The van der Waals surface area contributed by atoms with E-state index in [1.54, 1.807) is 16.5 Å². The summed E-state index contributed by atoms with van der Waals surface area (Å²) in [5, 5.41) is 18.1. The van der Waals surface area contributed by atoms with E-state index in [0.717, 1.165) is 22.6 Å². The first-order valence-electron chi connectivity index (χ1n) is 8.01. The van der Waals surface area contributed by atoms with Gasteiger partial charge in [-0.05, 0) is 31.0 Å². The predicted molar refractivity (Wildman–Crippen MR) is 94.5 cm³/mol. The van der Waals surface area contributed by atoms with E-state index in [2.05, 4.69) is 17.1 Å². The maximum absolute atomic E-state index is 12.7. The van der Waals surface area contributed by atoms with Gasteiger partial charge in [0.2, 0.25) is 0 Å². The van der Waals surface area contributed by atoms with Crippen LogP contribution < -0.4 is 5.56 Å². The lowest BCUT2D eigenvalue weighted by Crippen LogP contribution is -2.16. The van der Waals surface area contributed by atoms with Gasteiger partial charge in [0.15, 0.2) is 4.96 Å². The number of thiazole rings is 1. The molecule has 2 atom stereocenters. The smallest absolute Gasteiger partial charge is 0.258 e. The third kappa shape index (κ3) is 2.71. The van der Waals surface area contributed by atoms with Gasteiger partial charge in [0.25, 0.3) is 5.56 Å². The van der Waals surface area contributed by atoms with Crippen LogP contribution in [0.5, 0.6) is 0 Å². The fourth-order valence-corrected chi connectivity index (χ4v) is 4.32. The van der Waals surface area contributed by atoms with Crippen molar-refractivity contribution in [2.75, 3.05) is 0 Å². The Bertz CT molecular complexity index is 1130. The first kappa shape index (κ1) is 15.6. The quantitative estimate of drug-likeness (QED) is 0.729. The van der Waals surface area contributed by atoms with Gasteiger partial charge >= 0.3 is 0 Å². The van der Waals surface area contributed by atoms with E-state index in [-0.39, 0.29) is 17.4 Å². The second-order valence-electron chi connectivity index (χ2n) is 6.31. The first-order chi connectivity index (χ1) is 12.1. The average Bonchev–Trinajstić information content (AvgIpc) is 3.29. The van der Waals surface area contributed by atoms with Crippen LogP contribution in [0.1, 0.15) is 39.7 Å². The maximum atomic E-state index is 12.7. The zero-order valence-corrected chi connectivity index (χ0v) is 14.4. The molecule has 0 N–H and O–H groups in total. The summed E-state index contributed by atoms with van der Waals surface area (Å²) in [4.78, 5) is 19.0. The van der Waals surface area contributed by atoms with Crippen LogP contribution in [0.3, 0.4) is 0 Å². The lowest BCUT2D eigenvalue weighted by atomic mass is 10.1. The largest absolute Gasteiger partial charge is 0.269 e. The molecule has 1 aliphatic rings. The summed E-state index contributed by atoms with van der Waals surface area (Å²) >= 11 is 1.50. The van der Waals surface area contributed by atoms with Gasteiger partial charge in [0.05, 0.1) is 29.3 Å². The molecule has 0 radical (unpaired) electrons. The minimum absolute atomic E-state index is 0.0109. The SMILES string of the molecule is Cc1sc2nc(Cc3cccc(C#N)c3)cc(=O)n2c1C1CC1C#N. The second kappa shape index (κ2) is 5.84. The van der Waals surface area contributed by atoms with E-state index in [4.69, 9.17) is 10.5 Å². The first-order valence-corrected chi connectivity index (χ1v) is 8.83. The number of hydrogen-bond donors (Lipinski definition) is 0. The number of aromatic nitrogens is 2. The Balaban J connectivity index is 1.75. The molecule has 4 rings (SSSR count). The second-order valence-corrected chi connectivity index (χ2v) is 7.50. The molecule has 1 fully saturated rings. The van der Waals surface area contributed by atoms with Gasteiger partial charge in [-0.15, -0.1) is 11.3 Å². The van der Waals surface area contributed by atoms with Gasteiger partial charge in [-0.2, -0.15) is 10.5 Å². The molecule has 1 aliphatic carbocycles. The number of benzene rings is 1. The molecule has 3 aromatic rings. The van der Waals surface area contributed by atoms with Crippen LogP contribution in [0.4, 0.5) is 0 Å². The van der Waals surface area contributed by atoms with Gasteiger partial charge in [0, 0.05) is 29.0 Å². The highest BCUT2D eigenvalue weighted by Gasteiger charge is 2.42. The van der Waals surface area contributed by atoms with E-state index in [1.807, 2.05) is 25.1 Å². The number of nitrogens with zero attached hydrogens (tertiary/aromatic N) is 4. The lowest BCUT2D eigenvalue weighted by molar-refractivity contribution is 0.885. The zero-order valence-electron chi connectivity index (χ0n) is 13.6. The minimum atomic E-state index is -0.0978. The van der Waals surface area contributed by atoms with Crippen molar-refractivity contribution >= 4 is 16.3 Å². The average molecular weight is 346 g/mol. The van der Waals surface area contributed by atoms with Crippen LogP contribution in [0.15, 0.2) is 35.1 Å². The molecule has 0 amide bonds. The molecule has 2 unspecified atom stereocenters. The molecule has 5 nitrogen and oxygen atoms in total. The van der Waals surface area contributed by atoms with Crippen LogP contribution in [0.2, 0.25) is 0 Å². The van der Waals surface area contributed by atoms with Crippen LogP contribution in [0.25, 0.3) is 4.96 Å². The maximum Gasteiger partial charge on any atom is 0.258 e. The third-order valence-corrected chi connectivity index (χ3v) is 5.51. The molecular weight excluding hydrogens is 332 g/mol. The zero-order chi connectivity index (χ0) is 17.6. The number of rotatable bonds is 3. The van der Waals surface area contributed by atoms with Crippen LogP contribution >= 0.6 is 11.3 Å². The number of nitriles is 2. The highest BCUT2D eigenvalue weighted by atomic mass is 32.1. The van der Waals surface area contributed by atoms with Crippen molar-refractivity contribution < 1.29 is 0 Å². The Morgan fingerprint density at radius 1 is 1.36 bits per heavy atom. The summed E-state index contributed by atoms with van der Waals surface area (Å²) < 4.78 is 1.66. The Morgan fingerprint density at radius 3 is 2.92 bits per heavy atom. The molecular formula is C19H14N4OS. The molecule has 2 aromatic heterocycles. The molecule has 1 saturated carbocycles. The Kier molecular flexibility index (Phi) is 3.63. The van der Waals surface area contributed by atoms with E-state index in [9.17, 15) is 4.79 Å². The molecule has 0 spiro atoms. The van der Waals surface area contributed by atoms with E-state index < -0.39 is 0 Å². The van der Waals surface area contributed by atoms with Crippen molar-refractivity contribution in [1.29, 1.82) is 10.5 Å². The standard InChI is InChI=1S/C19H14N4OS/c1-11-18(16-7-14(16)10-21)23-17(24)8-15(22-19(23)25-11)6-12-3-2-4-13(5-12)9-20/h2-5,8,14,16H,6-7H2,1H3. The minimum Gasteiger partial charge on any atom is -0.269 e. The van der Waals surface area contributed by atoms with Gasteiger partial charge in [-0.3, -0.25) is 9.20 Å². The van der Waals surface area contributed by atoms with E-state index >= 15 is 0 Å². The number of aryl methyl sites for hydroxylation is 1. The van der Waals surface area contributed by atoms with Gasteiger partial charge in [-0.1, -0.05) is 12.1 Å². The summed E-state index contributed by atoms with van der Waals surface area (Å²) in [6.45, 7) is 1.98. The molecule has 0 aliphatic heterocycles. The molecule has 1 aromatic carbocycles. The van der Waals surface area contributed by atoms with E-state index in [1.165, 1.54) is 11.3 Å². The van der Waals surface area contributed by atoms with Gasteiger partial charge in [0.1, 0.15) is 0 Å². The number of hydrogen-bond acceptors (Lipinski definition) is 5. The van der Waals surface area contributed by atoms with Gasteiger partial charge in [-0.25, -0.2) is 4.98 Å². The van der Waals surface area contributed by atoms with Crippen molar-refractivity contribution in [3.8, 4) is 12.1 Å². The predicted octanol–water partition coefficient (Wildman–Crippen LogP) is 3.15. The summed E-state index contributed by atoms with van der Waals surface area (Å²) in [6.07, 6.45) is 1.33. The lowest BCUT2D eigenvalue weighted by Gasteiger charge is -2.04. The van der Waals surface area contributed by atoms with Crippen molar-refractivity contribution in [2.24, 2.45) is 5.92 Å². The topological polar surface area (TPSA) is 81.9 Å². The molecule has 0 bridgehead atoms. The fraction of sp³-hybridized carbons (Fsp3) is 0.263. The summed E-state index contributed by atoms with van der Waals surface area (Å²) in [5.74, 6) is 0.160. The van der Waals surface area contributed by atoms with Crippen LogP contribution in [-0.2, 0) is 6.42 Å². The molecule has 6 heteroatoms. The number of fused-ring (bicyclic) bond motifs is 1. The molecule has 0 saturated heterocycles. The monoisotopic (exact) mass is 346 g/mol. The highest BCUT2D eigenvalue weighted by molar-refractivity contribution is 7.17. The van der Waals surface area contributed by atoms with Crippen molar-refractivity contribution in [2.45, 2.75) is 25.7 Å². The van der Waals surface area contributed by atoms with Crippen molar-refractivity contribution in [3.05, 3.63) is 68.1 Å². The molecule has 122 valence electrons. The van der Waals surface area contributed by atoms with Gasteiger partial charge < -0.3 is 0 Å². The summed E-state index contributed by atoms with van der Waals surface area (Å²) in [7, 11) is 0. The summed E-state index contributed by atoms with van der Waals surface area (Å²) in [6, 6.07) is 13.3. The van der Waals surface area contributed by atoms with E-state index in [0.29, 0.717) is 22.6 Å². The Labute approximate surface area is 148 Å². The molecule has 2 heterocycles.